The maximum absolute atomic E-state index is 5.06. The Bertz CT molecular complexity index is 727. The molecule has 0 radical (unpaired) electrons. The molecule has 0 spiro atoms. The molecule has 0 atom stereocenters. The molecule has 0 bridgehead atoms. The molecule has 1 fully saturated rings. The van der Waals surface area contributed by atoms with Crippen molar-refractivity contribution in [3.05, 3.63) is 45.6 Å². The number of fused-ring (bicyclic) bond motifs is 1. The Morgan fingerprint density at radius 1 is 1.17 bits per heavy atom. The fourth-order valence-electron chi connectivity index (χ4n) is 3.35. The van der Waals surface area contributed by atoms with Gasteiger partial charge in [-0.05, 0) is 38.0 Å². The Kier molecular flexibility index (Phi) is 3.99. The highest BCUT2D eigenvalue weighted by molar-refractivity contribution is 9.10. The summed E-state index contributed by atoms with van der Waals surface area (Å²) in [5, 5.41) is 7.06. The molecule has 4 rings (SSSR count). The lowest BCUT2D eigenvalue weighted by molar-refractivity contribution is 0.358. The Balaban J connectivity index is 1.85. The summed E-state index contributed by atoms with van der Waals surface area (Å²) in [5.41, 5.74) is 6.10. The number of rotatable bonds is 0. The van der Waals surface area contributed by atoms with Gasteiger partial charge in [-0.3, -0.25) is 0 Å². The molecule has 2 heterocycles. The highest BCUT2D eigenvalue weighted by Gasteiger charge is 2.25. The Labute approximate surface area is 145 Å². The van der Waals surface area contributed by atoms with E-state index in [2.05, 4.69) is 62.7 Å². The van der Waals surface area contributed by atoms with Crippen LogP contribution in [0.25, 0.3) is 0 Å². The van der Waals surface area contributed by atoms with E-state index in [0.717, 1.165) is 60.7 Å². The van der Waals surface area contributed by atoms with Gasteiger partial charge in [0.25, 0.3) is 0 Å². The number of anilines is 1. The van der Waals surface area contributed by atoms with Crippen LogP contribution >= 0.6 is 15.9 Å². The maximum Gasteiger partial charge on any atom is 0.138 e. The number of nitrogens with one attached hydrogen (secondary N) is 2. The summed E-state index contributed by atoms with van der Waals surface area (Å²) < 4.78 is 1.06. The van der Waals surface area contributed by atoms with E-state index in [9.17, 15) is 0 Å². The summed E-state index contributed by atoms with van der Waals surface area (Å²) in [6.07, 6.45) is 4.48. The fourth-order valence-corrected chi connectivity index (χ4v) is 3.70. The van der Waals surface area contributed by atoms with Crippen LogP contribution in [-0.2, 0) is 0 Å². The second-order valence-electron chi connectivity index (χ2n) is 6.34. The smallest absolute Gasteiger partial charge is 0.138 e. The Morgan fingerprint density at radius 2 is 2.00 bits per heavy atom. The molecule has 0 saturated carbocycles. The summed E-state index contributed by atoms with van der Waals surface area (Å²) in [7, 11) is 0. The molecule has 0 unspecified atom stereocenters. The molecule has 120 valence electrons. The predicted octanol–water partition coefficient (Wildman–Crippen LogP) is 3.80. The third-order valence-electron chi connectivity index (χ3n) is 4.61. The van der Waals surface area contributed by atoms with Gasteiger partial charge < -0.3 is 15.5 Å². The van der Waals surface area contributed by atoms with E-state index in [1.165, 1.54) is 16.8 Å². The van der Waals surface area contributed by atoms with Crippen LogP contribution in [0.3, 0.4) is 0 Å². The topological polar surface area (TPSA) is 39.7 Å². The van der Waals surface area contributed by atoms with E-state index >= 15 is 0 Å². The Hall–Kier alpha value is -1.59. The number of piperazine rings is 1. The molecular formula is C18H21BrN4. The van der Waals surface area contributed by atoms with E-state index in [4.69, 9.17) is 4.99 Å². The SMILES string of the molecule is CC1=CC2=C(CC1)Nc1ccc(Br)cc1N=C2N1CCNCC1. The minimum absolute atomic E-state index is 1.01. The number of hydrogen-bond donors (Lipinski definition) is 2. The molecule has 2 aliphatic heterocycles. The average molecular weight is 373 g/mol. The van der Waals surface area contributed by atoms with Crippen molar-refractivity contribution in [3.8, 4) is 0 Å². The van der Waals surface area contributed by atoms with Crippen molar-refractivity contribution in [3.63, 3.8) is 0 Å². The van der Waals surface area contributed by atoms with Crippen molar-refractivity contribution in [1.29, 1.82) is 0 Å². The van der Waals surface area contributed by atoms with Gasteiger partial charge in [-0.15, -0.1) is 0 Å². The minimum Gasteiger partial charge on any atom is -0.357 e. The predicted molar refractivity (Wildman–Crippen MR) is 99.3 cm³/mol. The first-order chi connectivity index (χ1) is 11.2. The lowest BCUT2D eigenvalue weighted by Gasteiger charge is -2.32. The van der Waals surface area contributed by atoms with Crippen molar-refractivity contribution in [1.82, 2.24) is 10.2 Å². The number of amidine groups is 1. The normalized spacial score (nSPS) is 20.9. The highest BCUT2D eigenvalue weighted by Crippen LogP contribution is 2.37. The van der Waals surface area contributed by atoms with Gasteiger partial charge in [0.1, 0.15) is 5.84 Å². The van der Waals surface area contributed by atoms with Gasteiger partial charge in [0.15, 0.2) is 0 Å². The largest absolute Gasteiger partial charge is 0.357 e. The molecule has 5 heteroatoms. The molecule has 4 nitrogen and oxygen atoms in total. The molecular weight excluding hydrogens is 352 g/mol. The quantitative estimate of drug-likeness (QED) is 0.727. The highest BCUT2D eigenvalue weighted by atomic mass is 79.9. The fraction of sp³-hybridized carbons (Fsp3) is 0.389. The van der Waals surface area contributed by atoms with Crippen molar-refractivity contribution in [2.75, 3.05) is 31.5 Å². The number of hydrogen-bond acceptors (Lipinski definition) is 4. The van der Waals surface area contributed by atoms with E-state index < -0.39 is 0 Å². The van der Waals surface area contributed by atoms with Gasteiger partial charge >= 0.3 is 0 Å². The lowest BCUT2D eigenvalue weighted by atomic mass is 9.96. The van der Waals surface area contributed by atoms with Crippen LogP contribution in [0.5, 0.6) is 0 Å². The van der Waals surface area contributed by atoms with Crippen LogP contribution < -0.4 is 10.6 Å². The lowest BCUT2D eigenvalue weighted by Crippen LogP contribution is -2.47. The van der Waals surface area contributed by atoms with Crippen LogP contribution in [0.4, 0.5) is 11.4 Å². The number of halogens is 1. The van der Waals surface area contributed by atoms with Gasteiger partial charge in [0, 0.05) is 41.9 Å². The van der Waals surface area contributed by atoms with Gasteiger partial charge in [-0.2, -0.15) is 0 Å². The van der Waals surface area contributed by atoms with E-state index in [0.29, 0.717) is 0 Å². The third kappa shape index (κ3) is 2.95. The monoisotopic (exact) mass is 372 g/mol. The van der Waals surface area contributed by atoms with E-state index in [1.807, 2.05) is 0 Å². The van der Waals surface area contributed by atoms with Crippen LogP contribution in [0.2, 0.25) is 0 Å². The van der Waals surface area contributed by atoms with Crippen molar-refractivity contribution < 1.29 is 0 Å². The minimum atomic E-state index is 1.01. The average Bonchev–Trinajstić information content (AvgIpc) is 2.72. The summed E-state index contributed by atoms with van der Waals surface area (Å²) in [6, 6.07) is 6.28. The zero-order valence-corrected chi connectivity index (χ0v) is 14.9. The summed E-state index contributed by atoms with van der Waals surface area (Å²) in [6.45, 7) is 6.26. The van der Waals surface area contributed by atoms with E-state index in [1.54, 1.807) is 0 Å². The molecule has 23 heavy (non-hydrogen) atoms. The summed E-state index contributed by atoms with van der Waals surface area (Å²) in [5.74, 6) is 1.12. The number of aliphatic imine (C=N–C) groups is 1. The Morgan fingerprint density at radius 3 is 2.83 bits per heavy atom. The molecule has 0 amide bonds. The summed E-state index contributed by atoms with van der Waals surface area (Å²) >= 11 is 3.57. The van der Waals surface area contributed by atoms with E-state index in [-0.39, 0.29) is 0 Å². The maximum atomic E-state index is 5.06. The molecule has 1 aromatic carbocycles. The second-order valence-corrected chi connectivity index (χ2v) is 7.26. The number of allylic oxidation sites excluding steroid dienone is 2. The molecule has 1 aliphatic carbocycles. The molecule has 3 aliphatic rings. The number of nitrogens with zero attached hydrogens (tertiary/aromatic N) is 2. The number of benzene rings is 1. The summed E-state index contributed by atoms with van der Waals surface area (Å²) in [4.78, 5) is 7.48. The first-order valence-electron chi connectivity index (χ1n) is 8.22. The van der Waals surface area contributed by atoms with Gasteiger partial charge in [0.05, 0.1) is 11.4 Å². The first-order valence-corrected chi connectivity index (χ1v) is 9.01. The van der Waals surface area contributed by atoms with Crippen LogP contribution in [-0.4, -0.2) is 36.9 Å². The van der Waals surface area contributed by atoms with Gasteiger partial charge in [0.2, 0.25) is 0 Å². The van der Waals surface area contributed by atoms with Crippen molar-refractivity contribution in [2.24, 2.45) is 4.99 Å². The third-order valence-corrected chi connectivity index (χ3v) is 5.11. The molecule has 1 saturated heterocycles. The molecule has 2 N–H and O–H groups in total. The zero-order valence-electron chi connectivity index (χ0n) is 13.3. The van der Waals surface area contributed by atoms with Crippen molar-refractivity contribution in [2.45, 2.75) is 19.8 Å². The van der Waals surface area contributed by atoms with Gasteiger partial charge in [-0.25, -0.2) is 4.99 Å². The standard InChI is InChI=1S/C18H21BrN4/c1-12-2-4-15-14(10-12)18(23-8-6-20-7-9-23)22-17-11-13(19)3-5-16(17)21-15/h3,5,10-11,20-21H,2,4,6-9H2,1H3. The van der Waals surface area contributed by atoms with Crippen molar-refractivity contribution >= 4 is 33.1 Å². The van der Waals surface area contributed by atoms with Crippen LogP contribution in [0, 0.1) is 0 Å². The van der Waals surface area contributed by atoms with Crippen LogP contribution in [0.15, 0.2) is 50.6 Å². The van der Waals surface area contributed by atoms with Gasteiger partial charge in [-0.1, -0.05) is 27.6 Å². The molecule has 1 aromatic rings. The first kappa shape index (κ1) is 15.0. The second kappa shape index (κ2) is 6.13. The van der Waals surface area contributed by atoms with Crippen LogP contribution in [0.1, 0.15) is 19.8 Å². The molecule has 0 aromatic heterocycles. The zero-order chi connectivity index (χ0) is 15.8.